The maximum absolute atomic E-state index is 10.5. The molecule has 1 aromatic heterocycles. The predicted octanol–water partition coefficient (Wildman–Crippen LogP) is 3.78. The van der Waals surface area contributed by atoms with Gasteiger partial charge in [0.2, 0.25) is 0 Å². The third kappa shape index (κ3) is 2.49. The van der Waals surface area contributed by atoms with E-state index in [1.807, 2.05) is 0 Å². The number of hydrogen-bond acceptors (Lipinski definition) is 4. The van der Waals surface area contributed by atoms with Gasteiger partial charge in [-0.25, -0.2) is 9.97 Å². The summed E-state index contributed by atoms with van der Waals surface area (Å²) >= 11 is 9.21. The molecule has 0 aliphatic heterocycles. The molecule has 5 nitrogen and oxygen atoms in total. The lowest BCUT2D eigenvalue weighted by atomic mass is 10.2. The van der Waals surface area contributed by atoms with Crippen LogP contribution in [0.1, 0.15) is 5.69 Å². The molecule has 0 amide bonds. The largest absolute Gasteiger partial charge is 0.269 e. The summed E-state index contributed by atoms with van der Waals surface area (Å²) in [6, 6.07) is 6.00. The molecule has 0 aliphatic carbocycles. The van der Waals surface area contributed by atoms with Crippen molar-refractivity contribution in [2.45, 2.75) is 6.92 Å². The molecule has 92 valence electrons. The summed E-state index contributed by atoms with van der Waals surface area (Å²) in [5.41, 5.74) is 1.42. The highest BCUT2D eigenvalue weighted by Gasteiger charge is 2.10. The molecule has 0 saturated carbocycles. The van der Waals surface area contributed by atoms with E-state index in [1.54, 1.807) is 19.1 Å². The van der Waals surface area contributed by atoms with Gasteiger partial charge in [-0.2, -0.15) is 0 Å². The zero-order chi connectivity index (χ0) is 13.3. The highest BCUT2D eigenvalue weighted by molar-refractivity contribution is 9.10. The molecule has 0 N–H and O–H groups in total. The van der Waals surface area contributed by atoms with Gasteiger partial charge in [0.25, 0.3) is 5.69 Å². The smallest absolute Gasteiger partial charge is 0.258 e. The quantitative estimate of drug-likeness (QED) is 0.478. The van der Waals surface area contributed by atoms with Gasteiger partial charge in [0.05, 0.1) is 15.1 Å². The fourth-order valence-corrected chi connectivity index (χ4v) is 1.78. The third-order valence-corrected chi connectivity index (χ3v) is 3.76. The molecule has 2 rings (SSSR count). The van der Waals surface area contributed by atoms with Gasteiger partial charge in [0.15, 0.2) is 5.82 Å². The second-order valence-corrected chi connectivity index (χ2v) is 4.69. The fourth-order valence-electron chi connectivity index (χ4n) is 1.39. The second-order valence-electron chi connectivity index (χ2n) is 3.54. The topological polar surface area (TPSA) is 68.9 Å². The molecule has 0 bridgehead atoms. The van der Waals surface area contributed by atoms with Crippen molar-refractivity contribution in [1.82, 2.24) is 9.97 Å². The monoisotopic (exact) mass is 327 g/mol. The first-order valence-corrected chi connectivity index (χ1v) is 6.10. The van der Waals surface area contributed by atoms with Crippen molar-refractivity contribution in [3.8, 4) is 11.4 Å². The molecule has 1 heterocycles. The van der Waals surface area contributed by atoms with Gasteiger partial charge in [-0.15, -0.1) is 0 Å². The molecular weight excluding hydrogens is 321 g/mol. The van der Waals surface area contributed by atoms with Gasteiger partial charge in [-0.3, -0.25) is 10.1 Å². The minimum absolute atomic E-state index is 0.0266. The molecule has 0 atom stereocenters. The molecule has 18 heavy (non-hydrogen) atoms. The third-order valence-electron chi connectivity index (χ3n) is 2.31. The van der Waals surface area contributed by atoms with Crippen molar-refractivity contribution in [3.05, 3.63) is 49.7 Å². The van der Waals surface area contributed by atoms with Crippen LogP contribution in [0.3, 0.4) is 0 Å². The van der Waals surface area contributed by atoms with Crippen LogP contribution in [0, 0.1) is 17.0 Å². The minimum atomic E-state index is -0.454. The van der Waals surface area contributed by atoms with Crippen molar-refractivity contribution in [3.63, 3.8) is 0 Å². The summed E-state index contributed by atoms with van der Waals surface area (Å²) in [6.07, 6.45) is 0. The Kier molecular flexibility index (Phi) is 3.58. The zero-order valence-electron chi connectivity index (χ0n) is 9.22. The Morgan fingerprint density at radius 3 is 2.39 bits per heavy atom. The first-order valence-electron chi connectivity index (χ1n) is 4.93. The number of nitro benzene ring substituents is 1. The van der Waals surface area contributed by atoms with E-state index in [0.717, 1.165) is 0 Å². The van der Waals surface area contributed by atoms with Crippen LogP contribution in [0.25, 0.3) is 11.4 Å². The van der Waals surface area contributed by atoms with Crippen molar-refractivity contribution in [2.75, 3.05) is 0 Å². The lowest BCUT2D eigenvalue weighted by molar-refractivity contribution is -0.384. The van der Waals surface area contributed by atoms with Gasteiger partial charge in [-0.05, 0) is 35.0 Å². The molecule has 0 aliphatic rings. The highest BCUT2D eigenvalue weighted by Crippen LogP contribution is 2.27. The summed E-state index contributed by atoms with van der Waals surface area (Å²) in [7, 11) is 0. The molecule has 0 fully saturated rings. The highest BCUT2D eigenvalue weighted by atomic mass is 79.9. The van der Waals surface area contributed by atoms with Crippen LogP contribution < -0.4 is 0 Å². The summed E-state index contributed by atoms with van der Waals surface area (Å²) in [6.45, 7) is 1.80. The Balaban J connectivity index is 2.46. The Morgan fingerprint density at radius 1 is 1.28 bits per heavy atom. The van der Waals surface area contributed by atoms with Crippen LogP contribution in [0.2, 0.25) is 5.15 Å². The van der Waals surface area contributed by atoms with E-state index < -0.39 is 4.92 Å². The van der Waals surface area contributed by atoms with Gasteiger partial charge < -0.3 is 0 Å². The number of nitro groups is 1. The number of nitrogens with zero attached hydrogens (tertiary/aromatic N) is 3. The van der Waals surface area contributed by atoms with E-state index in [0.29, 0.717) is 26.7 Å². The van der Waals surface area contributed by atoms with Crippen molar-refractivity contribution in [1.29, 1.82) is 0 Å². The van der Waals surface area contributed by atoms with Gasteiger partial charge in [0.1, 0.15) is 5.15 Å². The standard InChI is InChI=1S/C11H7BrClN3O2/c1-6-9(12)10(13)15-11(14-6)7-2-4-8(5-3-7)16(17)18/h2-5H,1H3. The average Bonchev–Trinajstić information content (AvgIpc) is 2.35. The molecular formula is C11H7BrClN3O2. The molecule has 0 radical (unpaired) electrons. The lowest BCUT2D eigenvalue weighted by Crippen LogP contribution is -1.95. The summed E-state index contributed by atoms with van der Waals surface area (Å²) in [4.78, 5) is 18.5. The van der Waals surface area contributed by atoms with Crippen LogP contribution in [0.15, 0.2) is 28.7 Å². The zero-order valence-corrected chi connectivity index (χ0v) is 11.6. The molecule has 0 saturated heterocycles. The van der Waals surface area contributed by atoms with E-state index in [1.165, 1.54) is 12.1 Å². The van der Waals surface area contributed by atoms with Crippen LogP contribution >= 0.6 is 27.5 Å². The van der Waals surface area contributed by atoms with Gasteiger partial charge >= 0.3 is 0 Å². The number of aromatic nitrogens is 2. The van der Waals surface area contributed by atoms with E-state index in [-0.39, 0.29) is 5.69 Å². The maximum Gasteiger partial charge on any atom is 0.269 e. The van der Waals surface area contributed by atoms with Crippen LogP contribution in [0.5, 0.6) is 0 Å². The number of halogens is 2. The molecule has 2 aromatic rings. The number of rotatable bonds is 2. The Morgan fingerprint density at radius 2 is 1.89 bits per heavy atom. The Hall–Kier alpha value is -1.53. The summed E-state index contributed by atoms with van der Waals surface area (Å²) in [5.74, 6) is 0.440. The Bertz CT molecular complexity index is 593. The summed E-state index contributed by atoms with van der Waals surface area (Å²) < 4.78 is 0.648. The van der Waals surface area contributed by atoms with Crippen LogP contribution in [-0.2, 0) is 0 Å². The number of non-ortho nitro benzene ring substituents is 1. The van der Waals surface area contributed by atoms with Crippen molar-refractivity contribution >= 4 is 33.2 Å². The summed E-state index contributed by atoms with van der Waals surface area (Å²) in [5, 5.41) is 10.9. The molecule has 7 heteroatoms. The average molecular weight is 329 g/mol. The molecule has 0 unspecified atom stereocenters. The van der Waals surface area contributed by atoms with E-state index in [9.17, 15) is 10.1 Å². The molecule has 1 aromatic carbocycles. The van der Waals surface area contributed by atoms with E-state index in [4.69, 9.17) is 11.6 Å². The minimum Gasteiger partial charge on any atom is -0.258 e. The van der Waals surface area contributed by atoms with Gasteiger partial charge in [-0.1, -0.05) is 11.6 Å². The SMILES string of the molecule is Cc1nc(-c2ccc([N+](=O)[O-])cc2)nc(Cl)c1Br. The van der Waals surface area contributed by atoms with Crippen molar-refractivity contribution < 1.29 is 4.92 Å². The predicted molar refractivity (Wildman–Crippen MR) is 71.6 cm³/mol. The normalized spacial score (nSPS) is 10.4. The number of benzene rings is 1. The second kappa shape index (κ2) is 4.99. The van der Waals surface area contributed by atoms with E-state index >= 15 is 0 Å². The van der Waals surface area contributed by atoms with E-state index in [2.05, 4.69) is 25.9 Å². The lowest BCUT2D eigenvalue weighted by Gasteiger charge is -2.04. The number of hydrogen-bond donors (Lipinski definition) is 0. The van der Waals surface area contributed by atoms with Crippen LogP contribution in [0.4, 0.5) is 5.69 Å². The fraction of sp³-hybridized carbons (Fsp3) is 0.0909. The maximum atomic E-state index is 10.5. The van der Waals surface area contributed by atoms with Crippen molar-refractivity contribution in [2.24, 2.45) is 0 Å². The first-order chi connectivity index (χ1) is 8.49. The number of aryl methyl sites for hydroxylation is 1. The molecule has 0 spiro atoms. The van der Waals surface area contributed by atoms with Gasteiger partial charge in [0, 0.05) is 17.7 Å². The Labute approximate surface area is 116 Å². The first kappa shape index (κ1) is 12.9. The van der Waals surface area contributed by atoms with Crippen LogP contribution in [-0.4, -0.2) is 14.9 Å².